The van der Waals surface area contributed by atoms with Crippen LogP contribution in [0.5, 0.6) is 5.75 Å². The molecule has 1 saturated heterocycles. The van der Waals surface area contributed by atoms with Gasteiger partial charge in [0.1, 0.15) is 28.2 Å². The Kier molecular flexibility index (Phi) is 7.67. The third-order valence-corrected chi connectivity index (χ3v) is 9.07. The Labute approximate surface area is 235 Å². The molecule has 1 aromatic heterocycles. The monoisotopic (exact) mass is 588 g/mol. The number of nitrogens with zero attached hydrogens (tertiary/aromatic N) is 4. The molecule has 208 valence electrons. The Morgan fingerprint density at radius 2 is 1.65 bits per heavy atom. The SMILES string of the molecule is OC1CSC(c2nc3ccc(OCc4c(F)c(F)c(F)c(CN5CCN(c6ccccc6)CC5)c4F)cc3s2)=N1. The van der Waals surface area contributed by atoms with Crippen LogP contribution in [-0.2, 0) is 13.2 Å². The molecule has 6 rings (SSSR count). The Morgan fingerprint density at radius 3 is 2.38 bits per heavy atom. The lowest BCUT2D eigenvalue weighted by Gasteiger charge is -2.36. The van der Waals surface area contributed by atoms with Gasteiger partial charge in [-0.2, -0.15) is 0 Å². The van der Waals surface area contributed by atoms with Crippen LogP contribution in [0.25, 0.3) is 10.2 Å². The van der Waals surface area contributed by atoms with E-state index in [-0.39, 0.29) is 6.54 Å². The van der Waals surface area contributed by atoms with Crippen LogP contribution in [0.2, 0.25) is 0 Å². The molecule has 3 heterocycles. The number of thioether (sulfide) groups is 1. The summed E-state index contributed by atoms with van der Waals surface area (Å²) in [7, 11) is 0. The van der Waals surface area contributed by atoms with Crippen LogP contribution in [-0.4, -0.2) is 58.2 Å². The number of benzene rings is 3. The lowest BCUT2D eigenvalue weighted by atomic mass is 10.1. The summed E-state index contributed by atoms with van der Waals surface area (Å²) in [4.78, 5) is 12.6. The zero-order valence-corrected chi connectivity index (χ0v) is 22.8. The number of aliphatic imine (C=N–C) groups is 1. The number of hydrogen-bond donors (Lipinski definition) is 1. The minimum Gasteiger partial charge on any atom is -0.489 e. The van der Waals surface area contributed by atoms with Gasteiger partial charge in [-0.05, 0) is 30.3 Å². The van der Waals surface area contributed by atoms with E-state index in [0.717, 1.165) is 10.4 Å². The predicted molar refractivity (Wildman–Crippen MR) is 149 cm³/mol. The number of aromatic nitrogens is 1. The number of piperazine rings is 1. The van der Waals surface area contributed by atoms with Gasteiger partial charge in [0, 0.05) is 49.7 Å². The second kappa shape index (κ2) is 11.4. The minimum absolute atomic E-state index is 0.184. The van der Waals surface area contributed by atoms with Crippen molar-refractivity contribution in [1.29, 1.82) is 0 Å². The molecule has 2 aliphatic rings. The summed E-state index contributed by atoms with van der Waals surface area (Å²) in [6, 6.07) is 14.8. The summed E-state index contributed by atoms with van der Waals surface area (Å²) >= 11 is 2.75. The number of fused-ring (bicyclic) bond motifs is 1. The first-order valence-electron chi connectivity index (χ1n) is 12.7. The van der Waals surface area contributed by atoms with E-state index in [1.165, 1.54) is 23.1 Å². The van der Waals surface area contributed by atoms with Gasteiger partial charge in [-0.15, -0.1) is 11.3 Å². The number of halogens is 4. The summed E-state index contributed by atoms with van der Waals surface area (Å²) in [6.45, 7) is 1.51. The van der Waals surface area contributed by atoms with Gasteiger partial charge in [-0.25, -0.2) is 27.5 Å². The summed E-state index contributed by atoms with van der Waals surface area (Å²) < 4.78 is 65.8. The lowest BCUT2D eigenvalue weighted by Crippen LogP contribution is -2.46. The highest BCUT2D eigenvalue weighted by Crippen LogP contribution is 2.32. The van der Waals surface area contributed by atoms with E-state index >= 15 is 4.39 Å². The smallest absolute Gasteiger partial charge is 0.195 e. The van der Waals surface area contributed by atoms with Gasteiger partial charge in [0.2, 0.25) is 0 Å². The first-order chi connectivity index (χ1) is 19.4. The first kappa shape index (κ1) is 27.0. The number of aliphatic hydroxyl groups excluding tert-OH is 1. The third kappa shape index (κ3) is 5.40. The summed E-state index contributed by atoms with van der Waals surface area (Å²) in [5, 5.41) is 10.9. The lowest BCUT2D eigenvalue weighted by molar-refractivity contribution is 0.213. The van der Waals surface area contributed by atoms with Gasteiger partial charge in [0.25, 0.3) is 0 Å². The van der Waals surface area contributed by atoms with Gasteiger partial charge in [-0.1, -0.05) is 30.0 Å². The quantitative estimate of drug-likeness (QED) is 0.173. The molecule has 1 atom stereocenters. The van der Waals surface area contributed by atoms with E-state index in [4.69, 9.17) is 4.74 Å². The van der Waals surface area contributed by atoms with Crippen LogP contribution >= 0.6 is 23.1 Å². The highest BCUT2D eigenvalue weighted by Gasteiger charge is 2.28. The van der Waals surface area contributed by atoms with Crippen LogP contribution in [0.15, 0.2) is 53.5 Å². The molecule has 1 fully saturated rings. The topological polar surface area (TPSA) is 61.2 Å². The molecule has 0 saturated carbocycles. The van der Waals surface area contributed by atoms with Crippen molar-refractivity contribution >= 4 is 44.0 Å². The minimum atomic E-state index is -1.71. The van der Waals surface area contributed by atoms with Crippen molar-refractivity contribution in [3.05, 3.63) is 87.9 Å². The number of hydrogen-bond acceptors (Lipinski definition) is 8. The third-order valence-electron chi connectivity index (χ3n) is 6.88. The van der Waals surface area contributed by atoms with E-state index in [1.807, 2.05) is 35.2 Å². The van der Waals surface area contributed by atoms with Crippen LogP contribution in [0.1, 0.15) is 16.1 Å². The molecule has 1 N–H and O–H groups in total. The average Bonchev–Trinajstić information content (AvgIpc) is 3.61. The van der Waals surface area contributed by atoms with Crippen molar-refractivity contribution in [2.75, 3.05) is 36.8 Å². The van der Waals surface area contributed by atoms with Gasteiger partial charge in [0.15, 0.2) is 23.7 Å². The molecule has 12 heteroatoms. The molecular formula is C28H24F4N4O2S2. The van der Waals surface area contributed by atoms with Crippen LogP contribution < -0.4 is 9.64 Å². The van der Waals surface area contributed by atoms with Crippen LogP contribution in [0.3, 0.4) is 0 Å². The summed E-state index contributed by atoms with van der Waals surface area (Å²) in [6.07, 6.45) is -0.754. The molecular weight excluding hydrogens is 564 g/mol. The van der Waals surface area contributed by atoms with E-state index in [0.29, 0.717) is 53.2 Å². The Bertz CT molecular complexity index is 1580. The molecule has 4 aromatic rings. The molecule has 0 aliphatic carbocycles. The number of anilines is 1. The fourth-order valence-electron chi connectivity index (χ4n) is 4.75. The van der Waals surface area contributed by atoms with Crippen LogP contribution in [0, 0.1) is 23.3 Å². The Balaban J connectivity index is 1.17. The number of thiazole rings is 1. The molecule has 40 heavy (non-hydrogen) atoms. The maximum absolute atomic E-state index is 15.4. The fourth-order valence-corrected chi connectivity index (χ4v) is 6.68. The zero-order valence-electron chi connectivity index (χ0n) is 21.1. The number of aliphatic hydroxyl groups is 1. The largest absolute Gasteiger partial charge is 0.489 e. The Hall–Kier alpha value is -3.19. The molecule has 3 aromatic carbocycles. The maximum Gasteiger partial charge on any atom is 0.195 e. The van der Waals surface area contributed by atoms with Crippen molar-refractivity contribution in [3.8, 4) is 5.75 Å². The first-order valence-corrected chi connectivity index (χ1v) is 14.5. The van der Waals surface area contributed by atoms with Gasteiger partial charge >= 0.3 is 0 Å². The molecule has 6 nitrogen and oxygen atoms in total. The standard InChI is InChI=1S/C28H24F4N4O2S2/c29-23-18(13-35-8-10-36(11-9-35)16-4-2-1-3-5-16)24(30)26(32)25(31)19(23)14-38-17-6-7-20-21(12-17)40-28(33-20)27-34-22(37)15-39-27/h1-7,12,22,37H,8-11,13-15H2. The van der Waals surface area contributed by atoms with Crippen molar-refractivity contribution in [3.63, 3.8) is 0 Å². The van der Waals surface area contributed by atoms with E-state index in [1.54, 1.807) is 18.2 Å². The number of rotatable bonds is 7. The normalized spacial score (nSPS) is 18.0. The molecule has 0 amide bonds. The van der Waals surface area contributed by atoms with Gasteiger partial charge in [-0.3, -0.25) is 4.90 Å². The molecule has 0 bridgehead atoms. The summed E-state index contributed by atoms with van der Waals surface area (Å²) in [5.41, 5.74) is 0.569. The van der Waals surface area contributed by atoms with Gasteiger partial charge < -0.3 is 14.7 Å². The molecule has 0 spiro atoms. The van der Waals surface area contributed by atoms with Crippen LogP contribution in [0.4, 0.5) is 23.2 Å². The maximum atomic E-state index is 15.4. The Morgan fingerprint density at radius 1 is 0.900 bits per heavy atom. The van der Waals surface area contributed by atoms with E-state index in [9.17, 15) is 18.3 Å². The second-order valence-electron chi connectivity index (χ2n) is 9.47. The molecule has 0 radical (unpaired) electrons. The zero-order chi connectivity index (χ0) is 27.8. The average molecular weight is 589 g/mol. The van der Waals surface area contributed by atoms with E-state index < -0.39 is 47.2 Å². The van der Waals surface area contributed by atoms with Gasteiger partial charge in [0.05, 0.1) is 15.8 Å². The predicted octanol–water partition coefficient (Wildman–Crippen LogP) is 5.57. The highest BCUT2D eigenvalue weighted by atomic mass is 32.2. The van der Waals surface area contributed by atoms with E-state index in [2.05, 4.69) is 14.9 Å². The van der Waals surface area contributed by atoms with Crippen molar-refractivity contribution < 1.29 is 27.4 Å². The van der Waals surface area contributed by atoms with Crippen molar-refractivity contribution in [2.24, 2.45) is 4.99 Å². The number of ether oxygens (including phenoxy) is 1. The number of para-hydroxylation sites is 1. The summed E-state index contributed by atoms with van der Waals surface area (Å²) in [5.74, 6) is -5.19. The highest BCUT2D eigenvalue weighted by molar-refractivity contribution is 8.15. The van der Waals surface area contributed by atoms with Crippen molar-refractivity contribution in [1.82, 2.24) is 9.88 Å². The fraction of sp³-hybridized carbons (Fsp3) is 0.286. The molecule has 2 aliphatic heterocycles. The molecule has 1 unspecified atom stereocenters. The second-order valence-corrected chi connectivity index (χ2v) is 11.5. The van der Waals surface area contributed by atoms with Crippen molar-refractivity contribution in [2.45, 2.75) is 19.4 Å².